The van der Waals surface area contributed by atoms with Gasteiger partial charge in [0.15, 0.2) is 0 Å². The van der Waals surface area contributed by atoms with Crippen molar-refractivity contribution in [3.8, 4) is 0 Å². The van der Waals surface area contributed by atoms with Gasteiger partial charge in [0.05, 0.1) is 6.61 Å². The lowest BCUT2D eigenvalue weighted by molar-refractivity contribution is 0.301. The van der Waals surface area contributed by atoms with Crippen molar-refractivity contribution in [3.05, 3.63) is 10.8 Å². The number of nitrogens with zero attached hydrogens (tertiary/aromatic N) is 3. The van der Waals surface area contributed by atoms with Crippen molar-refractivity contribution in [1.29, 1.82) is 0 Å². The van der Waals surface area contributed by atoms with Crippen LogP contribution in [-0.2, 0) is 0 Å². The Morgan fingerprint density at radius 1 is 1.35 bits per heavy atom. The van der Waals surface area contributed by atoms with E-state index in [0.717, 1.165) is 35.6 Å². The third kappa shape index (κ3) is 3.81. The molecule has 2 N–H and O–H groups in total. The number of aliphatic hydroxyl groups is 1. The minimum absolute atomic E-state index is 0.118. The SMILES string of the molecule is CCCN(CCO)c1ncnc(NCC)c1Br. The van der Waals surface area contributed by atoms with Gasteiger partial charge < -0.3 is 15.3 Å². The topological polar surface area (TPSA) is 61.3 Å². The van der Waals surface area contributed by atoms with E-state index in [9.17, 15) is 0 Å². The molecule has 0 aliphatic carbocycles. The predicted octanol–water partition coefficient (Wildman–Crippen LogP) is 1.88. The standard InChI is InChI=1S/C11H19BrN4O/c1-3-5-16(6-7-17)11-9(12)10(13-4-2)14-8-15-11/h8,17H,3-7H2,1-2H3,(H,13,14,15). The van der Waals surface area contributed by atoms with Crippen molar-refractivity contribution in [2.24, 2.45) is 0 Å². The second-order valence-electron chi connectivity index (χ2n) is 3.60. The van der Waals surface area contributed by atoms with Crippen molar-refractivity contribution in [2.45, 2.75) is 20.3 Å². The zero-order valence-corrected chi connectivity index (χ0v) is 11.9. The molecule has 0 saturated heterocycles. The summed E-state index contributed by atoms with van der Waals surface area (Å²) in [6.07, 6.45) is 2.55. The fourth-order valence-electron chi connectivity index (χ4n) is 1.59. The third-order valence-electron chi connectivity index (χ3n) is 2.28. The molecule has 0 aliphatic rings. The molecule has 1 rings (SSSR count). The van der Waals surface area contributed by atoms with Gasteiger partial charge in [-0.05, 0) is 29.3 Å². The smallest absolute Gasteiger partial charge is 0.148 e. The van der Waals surface area contributed by atoms with Gasteiger partial charge in [0.2, 0.25) is 0 Å². The number of anilines is 2. The molecule has 0 radical (unpaired) electrons. The third-order valence-corrected chi connectivity index (χ3v) is 3.01. The Bertz CT molecular complexity index is 342. The highest BCUT2D eigenvalue weighted by atomic mass is 79.9. The van der Waals surface area contributed by atoms with Gasteiger partial charge in [0, 0.05) is 19.6 Å². The summed E-state index contributed by atoms with van der Waals surface area (Å²) >= 11 is 3.51. The van der Waals surface area contributed by atoms with Crippen molar-refractivity contribution < 1.29 is 5.11 Å². The van der Waals surface area contributed by atoms with Crippen LogP contribution in [0.1, 0.15) is 20.3 Å². The first-order valence-corrected chi connectivity index (χ1v) is 6.64. The molecule has 0 aromatic carbocycles. The summed E-state index contributed by atoms with van der Waals surface area (Å²) in [7, 11) is 0. The molecular formula is C11H19BrN4O. The summed E-state index contributed by atoms with van der Waals surface area (Å²) in [5.74, 6) is 1.61. The number of nitrogens with one attached hydrogen (secondary N) is 1. The van der Waals surface area contributed by atoms with Crippen molar-refractivity contribution >= 4 is 27.6 Å². The Morgan fingerprint density at radius 2 is 2.12 bits per heavy atom. The molecule has 0 saturated carbocycles. The van der Waals surface area contributed by atoms with E-state index in [1.54, 1.807) is 0 Å². The Labute approximate surface area is 110 Å². The van der Waals surface area contributed by atoms with Gasteiger partial charge in [0.25, 0.3) is 0 Å². The summed E-state index contributed by atoms with van der Waals surface area (Å²) in [5.41, 5.74) is 0. The second kappa shape index (κ2) is 7.45. The largest absolute Gasteiger partial charge is 0.395 e. The lowest BCUT2D eigenvalue weighted by Gasteiger charge is -2.23. The summed E-state index contributed by atoms with van der Waals surface area (Å²) in [6.45, 7) is 6.49. The lowest BCUT2D eigenvalue weighted by atomic mass is 10.3. The van der Waals surface area contributed by atoms with E-state index in [4.69, 9.17) is 5.11 Å². The average Bonchev–Trinajstić information content (AvgIpc) is 2.32. The summed E-state index contributed by atoms with van der Waals surface area (Å²) in [4.78, 5) is 10.5. The summed E-state index contributed by atoms with van der Waals surface area (Å²) in [5, 5.41) is 12.2. The fourth-order valence-corrected chi connectivity index (χ4v) is 2.18. The van der Waals surface area contributed by atoms with E-state index >= 15 is 0 Å². The first-order valence-electron chi connectivity index (χ1n) is 5.84. The van der Waals surface area contributed by atoms with Crippen LogP contribution in [0.4, 0.5) is 11.6 Å². The highest BCUT2D eigenvalue weighted by molar-refractivity contribution is 9.10. The van der Waals surface area contributed by atoms with Gasteiger partial charge in [-0.3, -0.25) is 0 Å². The number of hydrogen-bond donors (Lipinski definition) is 2. The molecule has 1 heterocycles. The lowest BCUT2D eigenvalue weighted by Crippen LogP contribution is -2.29. The molecule has 0 amide bonds. The zero-order chi connectivity index (χ0) is 12.7. The van der Waals surface area contributed by atoms with E-state index in [-0.39, 0.29) is 6.61 Å². The van der Waals surface area contributed by atoms with Crippen LogP contribution in [0.3, 0.4) is 0 Å². The predicted molar refractivity (Wildman–Crippen MR) is 73.5 cm³/mol. The molecule has 0 spiro atoms. The van der Waals surface area contributed by atoms with Crippen LogP contribution in [0.25, 0.3) is 0 Å². The van der Waals surface area contributed by atoms with Crippen LogP contribution in [0.2, 0.25) is 0 Å². The number of hydrogen-bond acceptors (Lipinski definition) is 5. The molecular weight excluding hydrogens is 284 g/mol. The quantitative estimate of drug-likeness (QED) is 0.805. The van der Waals surface area contributed by atoms with Crippen LogP contribution in [0.15, 0.2) is 10.8 Å². The van der Waals surface area contributed by atoms with Gasteiger partial charge in [-0.15, -0.1) is 0 Å². The number of halogens is 1. The molecule has 0 fully saturated rings. The van der Waals surface area contributed by atoms with Crippen molar-refractivity contribution in [3.63, 3.8) is 0 Å². The number of aromatic nitrogens is 2. The second-order valence-corrected chi connectivity index (χ2v) is 4.39. The van der Waals surface area contributed by atoms with Gasteiger partial charge in [0.1, 0.15) is 22.4 Å². The van der Waals surface area contributed by atoms with E-state index in [2.05, 4.69) is 38.1 Å². The number of rotatable bonds is 7. The van der Waals surface area contributed by atoms with Crippen LogP contribution in [0.5, 0.6) is 0 Å². The first-order chi connectivity index (χ1) is 8.24. The normalized spacial score (nSPS) is 10.4. The minimum Gasteiger partial charge on any atom is -0.395 e. The molecule has 6 heteroatoms. The molecule has 0 unspecified atom stereocenters. The Balaban J connectivity index is 2.97. The van der Waals surface area contributed by atoms with Crippen LogP contribution < -0.4 is 10.2 Å². The molecule has 1 aromatic heterocycles. The Hall–Kier alpha value is -0.880. The van der Waals surface area contributed by atoms with Gasteiger partial charge in [-0.1, -0.05) is 6.92 Å². The monoisotopic (exact) mass is 302 g/mol. The number of aliphatic hydroxyl groups excluding tert-OH is 1. The van der Waals surface area contributed by atoms with E-state index < -0.39 is 0 Å². The minimum atomic E-state index is 0.118. The average molecular weight is 303 g/mol. The molecule has 5 nitrogen and oxygen atoms in total. The van der Waals surface area contributed by atoms with E-state index in [1.165, 1.54) is 6.33 Å². The van der Waals surface area contributed by atoms with Crippen molar-refractivity contribution in [2.75, 3.05) is 36.5 Å². The maximum absolute atomic E-state index is 9.07. The molecule has 1 aromatic rings. The maximum Gasteiger partial charge on any atom is 0.148 e. The van der Waals surface area contributed by atoms with E-state index in [0.29, 0.717) is 6.54 Å². The summed E-state index contributed by atoms with van der Waals surface area (Å²) < 4.78 is 0.851. The van der Waals surface area contributed by atoms with Crippen LogP contribution in [-0.4, -0.2) is 41.3 Å². The Kier molecular flexibility index (Phi) is 6.21. The van der Waals surface area contributed by atoms with Gasteiger partial charge in [-0.25, -0.2) is 9.97 Å². The van der Waals surface area contributed by atoms with Gasteiger partial charge >= 0.3 is 0 Å². The zero-order valence-electron chi connectivity index (χ0n) is 10.3. The molecule has 0 atom stereocenters. The highest BCUT2D eigenvalue weighted by Gasteiger charge is 2.14. The van der Waals surface area contributed by atoms with Gasteiger partial charge in [-0.2, -0.15) is 0 Å². The van der Waals surface area contributed by atoms with Crippen molar-refractivity contribution in [1.82, 2.24) is 9.97 Å². The van der Waals surface area contributed by atoms with Crippen LogP contribution >= 0.6 is 15.9 Å². The molecule has 17 heavy (non-hydrogen) atoms. The molecule has 0 aliphatic heterocycles. The Morgan fingerprint density at radius 3 is 2.71 bits per heavy atom. The maximum atomic E-state index is 9.07. The molecule has 0 bridgehead atoms. The van der Waals surface area contributed by atoms with Crippen LogP contribution in [0, 0.1) is 0 Å². The summed E-state index contributed by atoms with van der Waals surface area (Å²) in [6, 6.07) is 0. The fraction of sp³-hybridized carbons (Fsp3) is 0.636. The first kappa shape index (κ1) is 14.2. The highest BCUT2D eigenvalue weighted by Crippen LogP contribution is 2.29. The molecule has 96 valence electrons. The van der Waals surface area contributed by atoms with E-state index in [1.807, 2.05) is 11.8 Å².